The van der Waals surface area contributed by atoms with Crippen LogP contribution >= 0.6 is 0 Å². The second-order valence-electron chi connectivity index (χ2n) is 5.28. The van der Waals surface area contributed by atoms with Crippen molar-refractivity contribution in [2.24, 2.45) is 0 Å². The first kappa shape index (κ1) is 15.9. The summed E-state index contributed by atoms with van der Waals surface area (Å²) in [6, 6.07) is 0.692. The largest absolute Gasteiger partial charge is 0.390 e. The third kappa shape index (κ3) is 6.14. The molecule has 1 heterocycles. The van der Waals surface area contributed by atoms with Crippen LogP contribution in [0.15, 0.2) is 0 Å². The Kier molecular flexibility index (Phi) is 8.59. The Morgan fingerprint density at radius 2 is 2.28 bits per heavy atom. The summed E-state index contributed by atoms with van der Waals surface area (Å²) in [5.41, 5.74) is 0. The fraction of sp³-hybridized carbons (Fsp3) is 1.00. The molecule has 2 atom stereocenters. The quantitative estimate of drug-likeness (QED) is 0.611. The summed E-state index contributed by atoms with van der Waals surface area (Å²) >= 11 is 0. The summed E-state index contributed by atoms with van der Waals surface area (Å²) in [5.74, 6) is 0. The number of aliphatic hydroxyl groups excluding tert-OH is 1. The van der Waals surface area contributed by atoms with E-state index in [2.05, 4.69) is 17.1 Å². The Labute approximate surface area is 112 Å². The Bertz CT molecular complexity index is 200. The number of β-amino-alcohol motifs (C(OH)–C–C–N with tert-alkyl or cyclic N) is 1. The average molecular weight is 258 g/mol. The molecule has 18 heavy (non-hydrogen) atoms. The van der Waals surface area contributed by atoms with Gasteiger partial charge >= 0.3 is 0 Å². The molecule has 1 aliphatic heterocycles. The minimum Gasteiger partial charge on any atom is -0.390 e. The number of likely N-dealkylation sites (tertiary alicyclic amines) is 1. The van der Waals surface area contributed by atoms with Crippen LogP contribution in [0, 0.1) is 0 Å². The average Bonchev–Trinajstić information content (AvgIpc) is 2.37. The maximum atomic E-state index is 10.0. The lowest BCUT2D eigenvalue weighted by Gasteiger charge is -2.37. The number of hydrogen-bond donors (Lipinski definition) is 2. The Morgan fingerprint density at radius 1 is 1.44 bits per heavy atom. The third-order valence-corrected chi connectivity index (χ3v) is 3.68. The highest BCUT2D eigenvalue weighted by molar-refractivity contribution is 4.79. The van der Waals surface area contributed by atoms with Crippen LogP contribution in [-0.4, -0.2) is 62.0 Å². The highest BCUT2D eigenvalue weighted by atomic mass is 16.5. The van der Waals surface area contributed by atoms with Crippen molar-refractivity contribution >= 4 is 0 Å². The van der Waals surface area contributed by atoms with Crippen molar-refractivity contribution in [3.05, 3.63) is 0 Å². The molecule has 4 heteroatoms. The van der Waals surface area contributed by atoms with Gasteiger partial charge in [-0.25, -0.2) is 0 Å². The summed E-state index contributed by atoms with van der Waals surface area (Å²) in [6.45, 7) is 6.39. The van der Waals surface area contributed by atoms with E-state index in [0.29, 0.717) is 19.2 Å². The zero-order valence-corrected chi connectivity index (χ0v) is 12.0. The van der Waals surface area contributed by atoms with Gasteiger partial charge in [0.25, 0.3) is 0 Å². The van der Waals surface area contributed by atoms with Crippen LogP contribution in [0.5, 0.6) is 0 Å². The molecule has 0 amide bonds. The second-order valence-corrected chi connectivity index (χ2v) is 5.28. The fourth-order valence-corrected chi connectivity index (χ4v) is 2.74. The molecule has 1 rings (SSSR count). The van der Waals surface area contributed by atoms with Crippen LogP contribution in [0.25, 0.3) is 0 Å². The monoisotopic (exact) mass is 258 g/mol. The Hall–Kier alpha value is -0.160. The van der Waals surface area contributed by atoms with Gasteiger partial charge in [0.15, 0.2) is 0 Å². The van der Waals surface area contributed by atoms with Crippen LogP contribution in [0.4, 0.5) is 0 Å². The molecule has 0 bridgehead atoms. The molecule has 0 aliphatic carbocycles. The first-order chi connectivity index (χ1) is 8.77. The van der Waals surface area contributed by atoms with Gasteiger partial charge in [0, 0.05) is 32.8 Å². The van der Waals surface area contributed by atoms with Gasteiger partial charge in [0.1, 0.15) is 0 Å². The molecule has 1 fully saturated rings. The standard InChI is InChI=1S/C14H30N2O2/c1-3-6-13-7-4-5-9-16(13)12-14(17)11-15-8-10-18-2/h13-15,17H,3-12H2,1-2H3. The fourth-order valence-electron chi connectivity index (χ4n) is 2.74. The molecule has 4 nitrogen and oxygen atoms in total. The minimum atomic E-state index is -0.265. The summed E-state index contributed by atoms with van der Waals surface area (Å²) in [7, 11) is 1.70. The lowest BCUT2D eigenvalue weighted by Crippen LogP contribution is -2.46. The Morgan fingerprint density at radius 3 is 3.00 bits per heavy atom. The molecule has 1 aliphatic rings. The number of hydrogen-bond acceptors (Lipinski definition) is 4. The van der Waals surface area contributed by atoms with Crippen LogP contribution in [-0.2, 0) is 4.74 Å². The van der Waals surface area contributed by atoms with Crippen LogP contribution in [0.2, 0.25) is 0 Å². The molecule has 0 saturated carbocycles. The van der Waals surface area contributed by atoms with E-state index in [9.17, 15) is 5.11 Å². The lowest BCUT2D eigenvalue weighted by molar-refractivity contribution is 0.0627. The van der Waals surface area contributed by atoms with Crippen molar-refractivity contribution < 1.29 is 9.84 Å². The smallest absolute Gasteiger partial charge is 0.0791 e. The number of piperidine rings is 1. The second kappa shape index (κ2) is 9.73. The molecule has 0 spiro atoms. The van der Waals surface area contributed by atoms with Gasteiger partial charge in [0.2, 0.25) is 0 Å². The number of nitrogens with zero attached hydrogens (tertiary/aromatic N) is 1. The van der Waals surface area contributed by atoms with E-state index in [1.54, 1.807) is 7.11 Å². The summed E-state index contributed by atoms with van der Waals surface area (Å²) < 4.78 is 4.97. The number of methoxy groups -OCH3 is 1. The van der Waals surface area contributed by atoms with E-state index in [1.165, 1.54) is 32.1 Å². The number of nitrogens with one attached hydrogen (secondary N) is 1. The number of rotatable bonds is 9. The number of aliphatic hydroxyl groups is 1. The minimum absolute atomic E-state index is 0.265. The topological polar surface area (TPSA) is 44.7 Å². The van der Waals surface area contributed by atoms with E-state index < -0.39 is 0 Å². The molecule has 0 aromatic rings. The van der Waals surface area contributed by atoms with Gasteiger partial charge in [-0.2, -0.15) is 0 Å². The van der Waals surface area contributed by atoms with Crippen molar-refractivity contribution in [1.82, 2.24) is 10.2 Å². The van der Waals surface area contributed by atoms with E-state index >= 15 is 0 Å². The van der Waals surface area contributed by atoms with Crippen LogP contribution in [0.1, 0.15) is 39.0 Å². The van der Waals surface area contributed by atoms with Gasteiger partial charge in [-0.05, 0) is 25.8 Å². The van der Waals surface area contributed by atoms with E-state index in [4.69, 9.17) is 4.74 Å². The maximum Gasteiger partial charge on any atom is 0.0791 e. The highest BCUT2D eigenvalue weighted by Gasteiger charge is 2.23. The Balaban J connectivity index is 2.20. The third-order valence-electron chi connectivity index (χ3n) is 3.68. The highest BCUT2D eigenvalue weighted by Crippen LogP contribution is 2.20. The zero-order valence-electron chi connectivity index (χ0n) is 12.0. The van der Waals surface area contributed by atoms with Crippen molar-refractivity contribution in [2.75, 3.05) is 39.9 Å². The van der Waals surface area contributed by atoms with Gasteiger partial charge in [-0.15, -0.1) is 0 Å². The summed E-state index contributed by atoms with van der Waals surface area (Å²) in [4.78, 5) is 2.48. The van der Waals surface area contributed by atoms with E-state index in [0.717, 1.165) is 19.6 Å². The van der Waals surface area contributed by atoms with Crippen LogP contribution < -0.4 is 5.32 Å². The van der Waals surface area contributed by atoms with Crippen molar-refractivity contribution in [3.8, 4) is 0 Å². The molecule has 2 unspecified atom stereocenters. The number of ether oxygens (including phenoxy) is 1. The predicted molar refractivity (Wildman–Crippen MR) is 74.9 cm³/mol. The molecular formula is C14H30N2O2. The maximum absolute atomic E-state index is 10.0. The molecule has 108 valence electrons. The molecular weight excluding hydrogens is 228 g/mol. The van der Waals surface area contributed by atoms with Crippen molar-refractivity contribution in [1.29, 1.82) is 0 Å². The molecule has 0 radical (unpaired) electrons. The van der Waals surface area contributed by atoms with E-state index in [1.807, 2.05) is 0 Å². The van der Waals surface area contributed by atoms with Gasteiger partial charge < -0.3 is 15.2 Å². The van der Waals surface area contributed by atoms with Crippen molar-refractivity contribution in [3.63, 3.8) is 0 Å². The molecule has 2 N–H and O–H groups in total. The summed E-state index contributed by atoms with van der Waals surface area (Å²) in [6.07, 6.45) is 6.18. The van der Waals surface area contributed by atoms with Crippen LogP contribution in [0.3, 0.4) is 0 Å². The first-order valence-corrected chi connectivity index (χ1v) is 7.39. The summed E-state index contributed by atoms with van der Waals surface area (Å²) in [5, 5.41) is 13.3. The van der Waals surface area contributed by atoms with E-state index in [-0.39, 0.29) is 6.10 Å². The lowest BCUT2D eigenvalue weighted by atomic mass is 9.98. The zero-order chi connectivity index (χ0) is 13.2. The molecule has 1 saturated heterocycles. The van der Waals surface area contributed by atoms with Gasteiger partial charge in [-0.1, -0.05) is 19.8 Å². The van der Waals surface area contributed by atoms with Gasteiger partial charge in [-0.3, -0.25) is 4.90 Å². The van der Waals surface area contributed by atoms with Gasteiger partial charge in [0.05, 0.1) is 12.7 Å². The first-order valence-electron chi connectivity index (χ1n) is 7.39. The normalized spacial score (nSPS) is 23.2. The molecule has 0 aromatic heterocycles. The predicted octanol–water partition coefficient (Wildman–Crippen LogP) is 1.24. The SMILES string of the molecule is CCCC1CCCCN1CC(O)CNCCOC. The molecule has 0 aromatic carbocycles. The van der Waals surface area contributed by atoms with Crippen molar-refractivity contribution in [2.45, 2.75) is 51.2 Å².